The molecule has 4 atom stereocenters. The lowest BCUT2D eigenvalue weighted by molar-refractivity contribution is -0.138. The monoisotopic (exact) mass is 277 g/mol. The van der Waals surface area contributed by atoms with Crippen LogP contribution in [0.5, 0.6) is 0 Å². The van der Waals surface area contributed by atoms with E-state index in [0.29, 0.717) is 5.92 Å². The first-order valence-electron chi connectivity index (χ1n) is 7.71. The molecular weight excluding hydrogens is 254 g/mol. The van der Waals surface area contributed by atoms with E-state index < -0.39 is 11.5 Å². The Balaban J connectivity index is 1.77. The van der Waals surface area contributed by atoms with Crippen LogP contribution in [0.3, 0.4) is 0 Å². The van der Waals surface area contributed by atoms with Crippen molar-refractivity contribution >= 4 is 5.91 Å². The van der Waals surface area contributed by atoms with E-state index in [2.05, 4.69) is 6.07 Å². The van der Waals surface area contributed by atoms with Crippen molar-refractivity contribution in [2.24, 2.45) is 17.1 Å². The third-order valence-corrected chi connectivity index (χ3v) is 5.60. The van der Waals surface area contributed by atoms with E-state index in [1.54, 1.807) is 4.90 Å². The lowest BCUT2D eigenvalue weighted by Gasteiger charge is -2.41. The van der Waals surface area contributed by atoms with Crippen molar-refractivity contribution in [3.05, 3.63) is 0 Å². The van der Waals surface area contributed by atoms with Gasteiger partial charge in [-0.15, -0.1) is 0 Å². The molecule has 1 saturated heterocycles. The fraction of sp³-hybridized carbons (Fsp3) is 0.867. The summed E-state index contributed by atoms with van der Waals surface area (Å²) in [4.78, 5) is 14.5. The average molecular weight is 277 g/mol. The van der Waals surface area contributed by atoms with Crippen LogP contribution in [-0.4, -0.2) is 40.6 Å². The van der Waals surface area contributed by atoms with Gasteiger partial charge in [-0.25, -0.2) is 0 Å². The first kappa shape index (κ1) is 13.8. The molecule has 5 heteroatoms. The average Bonchev–Trinajstić information content (AvgIpc) is 3.17. The van der Waals surface area contributed by atoms with E-state index in [9.17, 15) is 15.2 Å². The molecule has 3 N–H and O–H groups in total. The maximum absolute atomic E-state index is 12.8. The summed E-state index contributed by atoms with van der Waals surface area (Å²) in [7, 11) is 0. The van der Waals surface area contributed by atoms with Gasteiger partial charge in [-0.2, -0.15) is 5.26 Å². The number of nitrogens with two attached hydrogens (primary N) is 1. The molecule has 0 aromatic carbocycles. The van der Waals surface area contributed by atoms with E-state index in [-0.39, 0.29) is 24.6 Å². The van der Waals surface area contributed by atoms with Crippen molar-refractivity contribution in [1.29, 1.82) is 5.26 Å². The molecule has 3 unspecified atom stereocenters. The Morgan fingerprint density at radius 3 is 2.70 bits per heavy atom. The number of fused-ring (bicyclic) bond motifs is 1. The van der Waals surface area contributed by atoms with Gasteiger partial charge in [0.1, 0.15) is 6.04 Å². The summed E-state index contributed by atoms with van der Waals surface area (Å²) in [5.41, 5.74) is 5.78. The molecule has 2 saturated carbocycles. The van der Waals surface area contributed by atoms with Crippen molar-refractivity contribution in [3.8, 4) is 6.07 Å². The van der Waals surface area contributed by atoms with Crippen molar-refractivity contribution in [2.45, 2.75) is 63.1 Å². The molecule has 3 fully saturated rings. The maximum atomic E-state index is 12.8. The zero-order valence-electron chi connectivity index (χ0n) is 11.8. The number of hydrogen-bond acceptors (Lipinski definition) is 4. The van der Waals surface area contributed by atoms with Crippen LogP contribution < -0.4 is 5.73 Å². The third kappa shape index (κ3) is 2.02. The smallest absolute Gasteiger partial charge is 0.241 e. The molecule has 0 aromatic rings. The summed E-state index contributed by atoms with van der Waals surface area (Å²) < 4.78 is 0. The quantitative estimate of drug-likeness (QED) is 0.797. The number of nitriles is 1. The minimum absolute atomic E-state index is 0.0287. The summed E-state index contributed by atoms with van der Waals surface area (Å²) in [5, 5.41) is 19.0. The molecular formula is C15H23N3O2. The molecule has 20 heavy (non-hydrogen) atoms. The number of nitrogens with zero attached hydrogens (tertiary/aromatic N) is 2. The second-order valence-electron chi connectivity index (χ2n) is 6.75. The molecule has 0 radical (unpaired) electrons. The molecule has 0 spiro atoms. The van der Waals surface area contributed by atoms with Gasteiger partial charge in [0.05, 0.1) is 18.7 Å². The van der Waals surface area contributed by atoms with Gasteiger partial charge >= 0.3 is 0 Å². The van der Waals surface area contributed by atoms with Crippen LogP contribution >= 0.6 is 0 Å². The Morgan fingerprint density at radius 1 is 1.40 bits per heavy atom. The molecule has 2 aliphatic carbocycles. The Morgan fingerprint density at radius 2 is 2.10 bits per heavy atom. The lowest BCUT2D eigenvalue weighted by atomic mass is 9.69. The van der Waals surface area contributed by atoms with Gasteiger partial charge in [-0.1, -0.05) is 19.3 Å². The van der Waals surface area contributed by atoms with Crippen LogP contribution in [0, 0.1) is 22.7 Å². The van der Waals surface area contributed by atoms with Gasteiger partial charge < -0.3 is 15.7 Å². The Kier molecular flexibility index (Phi) is 3.47. The van der Waals surface area contributed by atoms with E-state index in [0.717, 1.165) is 44.9 Å². The molecule has 0 bridgehead atoms. The summed E-state index contributed by atoms with van der Waals surface area (Å²) >= 11 is 0. The van der Waals surface area contributed by atoms with Crippen LogP contribution in [0.4, 0.5) is 0 Å². The molecule has 0 aromatic heterocycles. The zero-order chi connectivity index (χ0) is 14.3. The first-order chi connectivity index (χ1) is 9.63. The van der Waals surface area contributed by atoms with Crippen LogP contribution in [-0.2, 0) is 4.79 Å². The topological polar surface area (TPSA) is 90.4 Å². The second kappa shape index (κ2) is 5.01. The SMILES string of the molecule is N#CC1CC2C[C@@H]2N1C(=O)C(N)C1(CO)CCCCC1. The fourth-order valence-corrected chi connectivity index (χ4v) is 4.13. The third-order valence-electron chi connectivity index (χ3n) is 5.60. The summed E-state index contributed by atoms with van der Waals surface area (Å²) in [6.45, 7) is -0.0287. The van der Waals surface area contributed by atoms with Crippen molar-refractivity contribution < 1.29 is 9.90 Å². The number of piperidine rings is 1. The van der Waals surface area contributed by atoms with E-state index in [1.807, 2.05) is 0 Å². The molecule has 1 heterocycles. The molecule has 1 amide bonds. The number of aliphatic hydroxyl groups is 1. The van der Waals surface area contributed by atoms with Gasteiger partial charge in [0, 0.05) is 11.5 Å². The lowest BCUT2D eigenvalue weighted by Crippen LogP contribution is -2.57. The highest BCUT2D eigenvalue weighted by Crippen LogP contribution is 2.49. The molecule has 1 aliphatic heterocycles. The van der Waals surface area contributed by atoms with Crippen molar-refractivity contribution in [2.75, 3.05) is 6.61 Å². The highest BCUT2D eigenvalue weighted by atomic mass is 16.3. The molecule has 3 aliphatic rings. The molecule has 110 valence electrons. The maximum Gasteiger partial charge on any atom is 0.241 e. The standard InChI is InChI=1S/C15H23N3O2/c16-8-11-6-10-7-12(10)18(11)14(20)13(17)15(9-19)4-2-1-3-5-15/h10-13,19H,1-7,9,17H2/t10?,11?,12-,13?/m0/s1. The zero-order valence-corrected chi connectivity index (χ0v) is 11.8. The number of carbonyl (C=O) groups excluding carboxylic acids is 1. The summed E-state index contributed by atoms with van der Waals surface area (Å²) in [6.07, 6.45) is 6.64. The van der Waals surface area contributed by atoms with Gasteiger partial charge in [-0.05, 0) is 31.6 Å². The van der Waals surface area contributed by atoms with E-state index >= 15 is 0 Å². The fourth-order valence-electron chi connectivity index (χ4n) is 4.13. The number of amides is 1. The highest BCUT2D eigenvalue weighted by Gasteiger charge is 2.56. The van der Waals surface area contributed by atoms with Crippen molar-refractivity contribution in [1.82, 2.24) is 4.90 Å². The Hall–Kier alpha value is -1.12. The second-order valence-corrected chi connectivity index (χ2v) is 6.75. The number of likely N-dealkylation sites (tertiary alicyclic amines) is 1. The van der Waals surface area contributed by atoms with Crippen LogP contribution in [0.25, 0.3) is 0 Å². The van der Waals surface area contributed by atoms with Crippen LogP contribution in [0.1, 0.15) is 44.9 Å². The van der Waals surface area contributed by atoms with Gasteiger partial charge in [0.15, 0.2) is 0 Å². The van der Waals surface area contributed by atoms with Crippen LogP contribution in [0.2, 0.25) is 0 Å². The van der Waals surface area contributed by atoms with Gasteiger partial charge in [0.25, 0.3) is 0 Å². The molecule has 3 rings (SSSR count). The number of hydrogen-bond donors (Lipinski definition) is 2. The summed E-state index contributed by atoms with van der Waals surface area (Å²) in [5.74, 6) is 0.393. The van der Waals surface area contributed by atoms with Gasteiger partial charge in [-0.3, -0.25) is 4.79 Å². The Labute approximate surface area is 119 Å². The van der Waals surface area contributed by atoms with Crippen LogP contribution in [0.15, 0.2) is 0 Å². The first-order valence-corrected chi connectivity index (χ1v) is 7.71. The largest absolute Gasteiger partial charge is 0.396 e. The number of rotatable bonds is 3. The molecule has 5 nitrogen and oxygen atoms in total. The minimum atomic E-state index is -0.664. The predicted octanol–water partition coefficient (Wildman–Crippen LogP) is 0.769. The van der Waals surface area contributed by atoms with Crippen molar-refractivity contribution in [3.63, 3.8) is 0 Å². The van der Waals surface area contributed by atoms with Gasteiger partial charge in [0.2, 0.25) is 5.91 Å². The Bertz CT molecular complexity index is 439. The normalized spacial score (nSPS) is 36.0. The highest BCUT2D eigenvalue weighted by molar-refractivity contribution is 5.84. The number of aliphatic hydroxyl groups excluding tert-OH is 1. The van der Waals surface area contributed by atoms with E-state index in [1.165, 1.54) is 0 Å². The number of carbonyl (C=O) groups is 1. The van der Waals surface area contributed by atoms with E-state index in [4.69, 9.17) is 5.73 Å². The predicted molar refractivity (Wildman–Crippen MR) is 73.3 cm³/mol. The summed E-state index contributed by atoms with van der Waals surface area (Å²) in [6, 6.07) is 1.49. The minimum Gasteiger partial charge on any atom is -0.396 e.